The van der Waals surface area contributed by atoms with Gasteiger partial charge in [-0.3, -0.25) is 4.79 Å². The average molecular weight is 285 g/mol. The zero-order valence-corrected chi connectivity index (χ0v) is 11.8. The Bertz CT molecular complexity index is 526. The third kappa shape index (κ3) is 4.98. The number of hydrogen-bond donors (Lipinski definition) is 3. The quantitative estimate of drug-likeness (QED) is 0.674. The highest BCUT2D eigenvalue weighted by molar-refractivity contribution is 7.89. The number of carbonyl (C=O) groups is 1. The Morgan fingerprint density at radius 3 is 2.37 bits per heavy atom. The molecule has 19 heavy (non-hydrogen) atoms. The van der Waals surface area contributed by atoms with E-state index in [1.807, 2.05) is 6.92 Å². The average Bonchev–Trinajstić information content (AvgIpc) is 2.35. The van der Waals surface area contributed by atoms with E-state index in [2.05, 4.69) is 10.6 Å². The lowest BCUT2D eigenvalue weighted by Gasteiger charge is -2.11. The lowest BCUT2D eigenvalue weighted by molar-refractivity contribution is -0.124. The lowest BCUT2D eigenvalue weighted by atomic mass is 10.1. The smallest absolute Gasteiger partial charge is 0.238 e. The van der Waals surface area contributed by atoms with Gasteiger partial charge in [-0.05, 0) is 24.7 Å². The van der Waals surface area contributed by atoms with Crippen LogP contribution in [0.4, 0.5) is 0 Å². The first kappa shape index (κ1) is 15.6. The van der Waals surface area contributed by atoms with Gasteiger partial charge in [-0.1, -0.05) is 19.1 Å². The van der Waals surface area contributed by atoms with Crippen molar-refractivity contribution in [2.75, 3.05) is 13.6 Å². The van der Waals surface area contributed by atoms with Gasteiger partial charge in [-0.2, -0.15) is 0 Å². The lowest BCUT2D eigenvalue weighted by Crippen LogP contribution is -2.33. The standard InChI is InChI=1S/C12H19N3O3S/c1-9(7-14-2)12(16)15-8-10-3-5-11(6-4-10)19(13,17)18/h3-6,9,14H,7-8H2,1-2H3,(H,15,16)(H2,13,17,18). The number of benzene rings is 1. The second-order valence-corrected chi connectivity index (χ2v) is 5.93. The van der Waals surface area contributed by atoms with Gasteiger partial charge in [0.1, 0.15) is 0 Å². The summed E-state index contributed by atoms with van der Waals surface area (Å²) in [5, 5.41) is 10.7. The van der Waals surface area contributed by atoms with Crippen molar-refractivity contribution < 1.29 is 13.2 Å². The van der Waals surface area contributed by atoms with Crippen molar-refractivity contribution in [3.63, 3.8) is 0 Å². The molecule has 0 radical (unpaired) electrons. The minimum absolute atomic E-state index is 0.0510. The molecule has 0 heterocycles. The van der Waals surface area contributed by atoms with Crippen molar-refractivity contribution in [3.8, 4) is 0 Å². The monoisotopic (exact) mass is 285 g/mol. The van der Waals surface area contributed by atoms with Crippen LogP contribution in [0.25, 0.3) is 0 Å². The molecule has 1 atom stereocenters. The molecule has 7 heteroatoms. The fraction of sp³-hybridized carbons (Fsp3) is 0.417. The molecular formula is C12H19N3O3S. The predicted molar refractivity (Wildman–Crippen MR) is 72.8 cm³/mol. The Balaban J connectivity index is 2.58. The molecule has 1 aromatic carbocycles. The van der Waals surface area contributed by atoms with E-state index in [9.17, 15) is 13.2 Å². The zero-order chi connectivity index (χ0) is 14.5. The van der Waals surface area contributed by atoms with Crippen LogP contribution in [0.15, 0.2) is 29.2 Å². The largest absolute Gasteiger partial charge is 0.352 e. The molecule has 0 saturated heterocycles. The van der Waals surface area contributed by atoms with Gasteiger partial charge in [-0.25, -0.2) is 13.6 Å². The van der Waals surface area contributed by atoms with Gasteiger partial charge in [-0.15, -0.1) is 0 Å². The predicted octanol–water partition coefficient (Wildman–Crippen LogP) is -0.194. The molecular weight excluding hydrogens is 266 g/mol. The number of carbonyl (C=O) groups excluding carboxylic acids is 1. The molecule has 1 rings (SSSR count). The molecule has 106 valence electrons. The zero-order valence-electron chi connectivity index (χ0n) is 11.0. The van der Waals surface area contributed by atoms with Crippen LogP contribution < -0.4 is 15.8 Å². The molecule has 0 aliphatic carbocycles. The van der Waals surface area contributed by atoms with Crippen molar-refractivity contribution in [1.82, 2.24) is 10.6 Å². The van der Waals surface area contributed by atoms with E-state index in [1.54, 1.807) is 19.2 Å². The number of rotatable bonds is 6. The van der Waals surface area contributed by atoms with Crippen molar-refractivity contribution in [2.24, 2.45) is 11.1 Å². The molecule has 1 amide bonds. The Hall–Kier alpha value is -1.44. The van der Waals surface area contributed by atoms with Crippen molar-refractivity contribution in [2.45, 2.75) is 18.4 Å². The third-order valence-corrected chi connectivity index (χ3v) is 3.61. The number of hydrogen-bond acceptors (Lipinski definition) is 4. The van der Waals surface area contributed by atoms with Gasteiger partial charge in [0.2, 0.25) is 15.9 Å². The van der Waals surface area contributed by atoms with Crippen LogP contribution in [0.1, 0.15) is 12.5 Å². The number of sulfonamides is 1. The second-order valence-electron chi connectivity index (χ2n) is 4.37. The van der Waals surface area contributed by atoms with E-state index in [0.717, 1.165) is 5.56 Å². The van der Waals surface area contributed by atoms with Crippen LogP contribution in [0.5, 0.6) is 0 Å². The number of nitrogens with two attached hydrogens (primary N) is 1. The van der Waals surface area contributed by atoms with E-state index in [-0.39, 0.29) is 16.7 Å². The van der Waals surface area contributed by atoms with Crippen LogP contribution in [0.2, 0.25) is 0 Å². The highest BCUT2D eigenvalue weighted by Gasteiger charge is 2.11. The highest BCUT2D eigenvalue weighted by atomic mass is 32.2. The SMILES string of the molecule is CNCC(C)C(=O)NCc1ccc(S(N)(=O)=O)cc1. The Morgan fingerprint density at radius 1 is 1.32 bits per heavy atom. The first-order valence-electron chi connectivity index (χ1n) is 5.88. The normalized spacial score (nSPS) is 13.0. The molecule has 6 nitrogen and oxygen atoms in total. The first-order chi connectivity index (χ1) is 8.84. The van der Waals surface area contributed by atoms with Crippen molar-refractivity contribution >= 4 is 15.9 Å². The Morgan fingerprint density at radius 2 is 1.89 bits per heavy atom. The summed E-state index contributed by atoms with van der Waals surface area (Å²) in [5.41, 5.74) is 0.817. The van der Waals surface area contributed by atoms with Crippen LogP contribution in [0, 0.1) is 5.92 Å². The first-order valence-corrected chi connectivity index (χ1v) is 7.43. The summed E-state index contributed by atoms with van der Waals surface area (Å²) in [6.07, 6.45) is 0. The third-order valence-electron chi connectivity index (χ3n) is 2.68. The number of amides is 1. The molecule has 0 aromatic heterocycles. The molecule has 1 aromatic rings. The van der Waals surface area contributed by atoms with Crippen LogP contribution in [0.3, 0.4) is 0 Å². The van der Waals surface area contributed by atoms with Crippen LogP contribution >= 0.6 is 0 Å². The highest BCUT2D eigenvalue weighted by Crippen LogP contribution is 2.08. The Kier molecular flexibility index (Phi) is 5.46. The number of primary sulfonamides is 1. The van der Waals surface area contributed by atoms with Crippen LogP contribution in [-0.2, 0) is 21.4 Å². The topological polar surface area (TPSA) is 101 Å². The Labute approximate surface area is 113 Å². The maximum absolute atomic E-state index is 11.7. The molecule has 0 bridgehead atoms. The van der Waals surface area contributed by atoms with Crippen molar-refractivity contribution in [1.29, 1.82) is 0 Å². The van der Waals surface area contributed by atoms with E-state index < -0.39 is 10.0 Å². The van der Waals surface area contributed by atoms with Gasteiger partial charge >= 0.3 is 0 Å². The van der Waals surface area contributed by atoms with Crippen molar-refractivity contribution in [3.05, 3.63) is 29.8 Å². The van der Waals surface area contributed by atoms with Gasteiger partial charge < -0.3 is 10.6 Å². The summed E-state index contributed by atoms with van der Waals surface area (Å²) in [7, 11) is -1.88. The maximum atomic E-state index is 11.7. The molecule has 0 saturated carbocycles. The molecule has 0 fully saturated rings. The fourth-order valence-corrected chi connectivity index (χ4v) is 2.07. The summed E-state index contributed by atoms with van der Waals surface area (Å²) < 4.78 is 22.1. The summed E-state index contributed by atoms with van der Waals surface area (Å²) in [4.78, 5) is 11.7. The van der Waals surface area contributed by atoms with E-state index in [0.29, 0.717) is 13.1 Å². The second kappa shape index (κ2) is 6.65. The molecule has 0 aliphatic heterocycles. The molecule has 0 spiro atoms. The van der Waals surface area contributed by atoms with Gasteiger partial charge in [0.25, 0.3) is 0 Å². The fourth-order valence-electron chi connectivity index (χ4n) is 1.56. The van der Waals surface area contributed by atoms with E-state index in [1.165, 1.54) is 12.1 Å². The molecule has 4 N–H and O–H groups in total. The summed E-state index contributed by atoms with van der Waals surface area (Å²) in [6.45, 7) is 2.80. The summed E-state index contributed by atoms with van der Waals surface area (Å²) in [6, 6.07) is 6.10. The molecule has 1 unspecified atom stereocenters. The van der Waals surface area contributed by atoms with Crippen LogP contribution in [-0.4, -0.2) is 27.9 Å². The van der Waals surface area contributed by atoms with Gasteiger partial charge in [0, 0.05) is 19.0 Å². The molecule has 0 aliphatic rings. The van der Waals surface area contributed by atoms with E-state index in [4.69, 9.17) is 5.14 Å². The summed E-state index contributed by atoms with van der Waals surface area (Å²) in [5.74, 6) is -0.168. The van der Waals surface area contributed by atoms with Gasteiger partial charge in [0.15, 0.2) is 0 Å². The minimum atomic E-state index is -3.67. The minimum Gasteiger partial charge on any atom is -0.352 e. The van der Waals surface area contributed by atoms with Gasteiger partial charge in [0.05, 0.1) is 4.90 Å². The summed E-state index contributed by atoms with van der Waals surface area (Å²) >= 11 is 0. The maximum Gasteiger partial charge on any atom is 0.238 e. The van der Waals surface area contributed by atoms with E-state index >= 15 is 0 Å². The number of nitrogens with one attached hydrogen (secondary N) is 2.